The molecule has 2 N–H and O–H groups in total. The summed E-state index contributed by atoms with van der Waals surface area (Å²) < 4.78 is 2.18. The molecule has 1 heterocycles. The van der Waals surface area contributed by atoms with Gasteiger partial charge in [0.2, 0.25) is 0 Å². The lowest BCUT2D eigenvalue weighted by atomic mass is 10.2. The van der Waals surface area contributed by atoms with Crippen LogP contribution in [0.3, 0.4) is 0 Å². The first-order chi connectivity index (χ1) is 6.74. The highest BCUT2D eigenvalue weighted by atomic mass is 32.2. The van der Waals surface area contributed by atoms with Crippen molar-refractivity contribution in [2.75, 3.05) is 12.0 Å². The second-order valence-corrected chi connectivity index (χ2v) is 4.28. The Bertz CT molecular complexity index is 460. The smallest absolute Gasteiger partial charge is 0.0713 e. The maximum absolute atomic E-state index is 5.94. The predicted octanol–water partition coefficient (Wildman–Crippen LogP) is 2.62. The molecule has 0 aliphatic heterocycles. The fourth-order valence-corrected chi connectivity index (χ4v) is 2.36. The van der Waals surface area contributed by atoms with E-state index in [0.717, 1.165) is 17.0 Å². The van der Waals surface area contributed by atoms with E-state index in [1.54, 1.807) is 0 Å². The molecule has 0 radical (unpaired) electrons. The van der Waals surface area contributed by atoms with Crippen LogP contribution in [0.25, 0.3) is 10.9 Å². The van der Waals surface area contributed by atoms with E-state index in [4.69, 9.17) is 5.73 Å². The van der Waals surface area contributed by atoms with E-state index < -0.39 is 0 Å². The molecule has 0 aliphatic carbocycles. The van der Waals surface area contributed by atoms with Crippen molar-refractivity contribution < 1.29 is 0 Å². The van der Waals surface area contributed by atoms with Crippen molar-refractivity contribution in [2.24, 2.45) is 7.05 Å². The normalized spacial score (nSPS) is 11.0. The Balaban J connectivity index is 2.68. The zero-order valence-electron chi connectivity index (χ0n) is 8.45. The molecule has 0 fully saturated rings. The number of benzene rings is 1. The fourth-order valence-electron chi connectivity index (χ4n) is 1.79. The van der Waals surface area contributed by atoms with Crippen LogP contribution in [-0.2, 0) is 12.8 Å². The Morgan fingerprint density at radius 1 is 1.43 bits per heavy atom. The number of hydrogen-bond acceptors (Lipinski definition) is 2. The number of aromatic nitrogens is 1. The van der Waals surface area contributed by atoms with Gasteiger partial charge in [-0.3, -0.25) is 0 Å². The van der Waals surface area contributed by atoms with Crippen LogP contribution in [0.1, 0.15) is 5.69 Å². The van der Waals surface area contributed by atoms with Crippen molar-refractivity contribution in [1.29, 1.82) is 0 Å². The molecule has 74 valence electrons. The van der Waals surface area contributed by atoms with Crippen molar-refractivity contribution in [2.45, 2.75) is 5.75 Å². The Labute approximate surface area is 88.1 Å². The molecule has 1 aromatic carbocycles. The predicted molar refractivity (Wildman–Crippen MR) is 64.6 cm³/mol. The molecule has 2 nitrogen and oxygen atoms in total. The van der Waals surface area contributed by atoms with E-state index in [1.807, 2.05) is 23.9 Å². The standard InChI is InChI=1S/C11H14N2S/c1-13-9(7-14-2)6-8-4-3-5-10(12)11(8)13/h3-6H,7,12H2,1-2H3. The number of nitrogens with two attached hydrogens (primary N) is 1. The number of fused-ring (bicyclic) bond motifs is 1. The van der Waals surface area contributed by atoms with Gasteiger partial charge < -0.3 is 10.3 Å². The van der Waals surface area contributed by atoms with Gasteiger partial charge in [0.1, 0.15) is 0 Å². The van der Waals surface area contributed by atoms with E-state index in [-0.39, 0.29) is 0 Å². The maximum Gasteiger partial charge on any atom is 0.0713 e. The number of aryl methyl sites for hydroxylation is 1. The monoisotopic (exact) mass is 206 g/mol. The number of para-hydroxylation sites is 1. The summed E-state index contributed by atoms with van der Waals surface area (Å²) in [6, 6.07) is 8.27. The van der Waals surface area contributed by atoms with Crippen LogP contribution in [0, 0.1) is 0 Å². The van der Waals surface area contributed by atoms with Crippen molar-refractivity contribution in [3.05, 3.63) is 30.0 Å². The molecule has 0 unspecified atom stereocenters. The molecular formula is C11H14N2S. The average Bonchev–Trinajstić information content (AvgIpc) is 2.46. The summed E-state index contributed by atoms with van der Waals surface area (Å²) in [5, 5.41) is 1.23. The molecule has 1 aromatic heterocycles. The molecular weight excluding hydrogens is 192 g/mol. The molecule has 0 saturated carbocycles. The van der Waals surface area contributed by atoms with E-state index in [1.165, 1.54) is 11.1 Å². The summed E-state index contributed by atoms with van der Waals surface area (Å²) in [4.78, 5) is 0. The first kappa shape index (κ1) is 9.46. The third kappa shape index (κ3) is 1.38. The topological polar surface area (TPSA) is 30.9 Å². The van der Waals surface area contributed by atoms with Gasteiger partial charge in [-0.25, -0.2) is 0 Å². The molecule has 0 saturated heterocycles. The number of anilines is 1. The highest BCUT2D eigenvalue weighted by Gasteiger charge is 2.06. The summed E-state index contributed by atoms with van der Waals surface area (Å²) in [6.45, 7) is 0. The minimum absolute atomic E-state index is 0.859. The summed E-state index contributed by atoms with van der Waals surface area (Å²) >= 11 is 1.83. The van der Waals surface area contributed by atoms with Crippen molar-refractivity contribution in [1.82, 2.24) is 4.57 Å². The highest BCUT2D eigenvalue weighted by Crippen LogP contribution is 2.25. The SMILES string of the molecule is CSCc1cc2cccc(N)c2n1C. The lowest BCUT2D eigenvalue weighted by molar-refractivity contribution is 0.911. The number of nitrogens with zero attached hydrogens (tertiary/aromatic N) is 1. The number of nitrogen functional groups attached to an aromatic ring is 1. The average molecular weight is 206 g/mol. The van der Waals surface area contributed by atoms with Gasteiger partial charge in [0.05, 0.1) is 11.2 Å². The summed E-state index contributed by atoms with van der Waals surface area (Å²) in [6.07, 6.45) is 2.11. The van der Waals surface area contributed by atoms with Gasteiger partial charge in [-0.05, 0) is 18.4 Å². The van der Waals surface area contributed by atoms with Crippen LogP contribution in [0.2, 0.25) is 0 Å². The van der Waals surface area contributed by atoms with Crippen molar-refractivity contribution in [3.63, 3.8) is 0 Å². The number of hydrogen-bond donors (Lipinski definition) is 1. The molecule has 14 heavy (non-hydrogen) atoms. The molecule has 2 aromatic rings. The Morgan fingerprint density at radius 2 is 2.21 bits per heavy atom. The van der Waals surface area contributed by atoms with Crippen molar-refractivity contribution in [3.8, 4) is 0 Å². The minimum Gasteiger partial charge on any atom is -0.397 e. The van der Waals surface area contributed by atoms with Crippen LogP contribution in [0.4, 0.5) is 5.69 Å². The zero-order chi connectivity index (χ0) is 10.1. The van der Waals surface area contributed by atoms with E-state index in [9.17, 15) is 0 Å². The van der Waals surface area contributed by atoms with Gasteiger partial charge in [-0.1, -0.05) is 12.1 Å². The first-order valence-corrected chi connectivity index (χ1v) is 5.95. The van der Waals surface area contributed by atoms with Crippen LogP contribution in [-0.4, -0.2) is 10.8 Å². The Hall–Kier alpha value is -1.09. The summed E-state index contributed by atoms with van der Waals surface area (Å²) in [5.74, 6) is 1.03. The second kappa shape index (κ2) is 3.58. The molecule has 2 rings (SSSR count). The van der Waals surface area contributed by atoms with Gasteiger partial charge in [-0.2, -0.15) is 11.8 Å². The third-order valence-corrected chi connectivity index (χ3v) is 3.06. The molecule has 0 bridgehead atoms. The van der Waals surface area contributed by atoms with Crippen LogP contribution in [0.15, 0.2) is 24.3 Å². The quantitative estimate of drug-likeness (QED) is 0.766. The zero-order valence-corrected chi connectivity index (χ0v) is 9.27. The van der Waals surface area contributed by atoms with Gasteiger partial charge >= 0.3 is 0 Å². The maximum atomic E-state index is 5.94. The fraction of sp³-hybridized carbons (Fsp3) is 0.273. The largest absolute Gasteiger partial charge is 0.397 e. The molecule has 0 spiro atoms. The summed E-state index contributed by atoms with van der Waals surface area (Å²) in [5.41, 5.74) is 9.27. The lowest BCUT2D eigenvalue weighted by Gasteiger charge is -2.03. The van der Waals surface area contributed by atoms with E-state index in [2.05, 4.69) is 30.0 Å². The molecule has 3 heteroatoms. The lowest BCUT2D eigenvalue weighted by Crippen LogP contribution is -1.96. The third-order valence-electron chi connectivity index (χ3n) is 2.48. The van der Waals surface area contributed by atoms with Crippen LogP contribution in [0.5, 0.6) is 0 Å². The van der Waals surface area contributed by atoms with Gasteiger partial charge in [-0.15, -0.1) is 0 Å². The van der Waals surface area contributed by atoms with Gasteiger partial charge in [0.15, 0.2) is 0 Å². The van der Waals surface area contributed by atoms with Gasteiger partial charge in [0, 0.05) is 23.9 Å². The number of rotatable bonds is 2. The molecule has 0 amide bonds. The minimum atomic E-state index is 0.859. The van der Waals surface area contributed by atoms with Crippen molar-refractivity contribution >= 4 is 28.4 Å². The Kier molecular flexibility index (Phi) is 2.42. The van der Waals surface area contributed by atoms with Crippen LogP contribution >= 0.6 is 11.8 Å². The molecule has 0 atom stereocenters. The van der Waals surface area contributed by atoms with E-state index >= 15 is 0 Å². The van der Waals surface area contributed by atoms with E-state index in [0.29, 0.717) is 0 Å². The number of thioether (sulfide) groups is 1. The highest BCUT2D eigenvalue weighted by molar-refractivity contribution is 7.97. The summed E-state index contributed by atoms with van der Waals surface area (Å²) in [7, 11) is 2.07. The Morgan fingerprint density at radius 3 is 2.86 bits per heavy atom. The van der Waals surface area contributed by atoms with Crippen LogP contribution < -0.4 is 5.73 Å². The van der Waals surface area contributed by atoms with Gasteiger partial charge in [0.25, 0.3) is 0 Å². The molecule has 0 aliphatic rings. The first-order valence-electron chi connectivity index (χ1n) is 4.55. The second-order valence-electron chi connectivity index (χ2n) is 3.41.